The summed E-state index contributed by atoms with van der Waals surface area (Å²) in [6.45, 7) is 4.72. The molecule has 0 radical (unpaired) electrons. The van der Waals surface area contributed by atoms with Crippen LogP contribution in [0.4, 0.5) is 0 Å². The molecular formula is C26H32N2O5S. The summed E-state index contributed by atoms with van der Waals surface area (Å²) in [6.07, 6.45) is 2.75. The van der Waals surface area contributed by atoms with E-state index >= 15 is 0 Å². The number of piperidine rings is 1. The molecule has 0 saturated carbocycles. The van der Waals surface area contributed by atoms with Crippen LogP contribution in [-0.2, 0) is 21.2 Å². The van der Waals surface area contributed by atoms with Crippen molar-refractivity contribution in [3.63, 3.8) is 0 Å². The molecule has 0 N–H and O–H groups in total. The van der Waals surface area contributed by atoms with Crippen molar-refractivity contribution in [1.29, 1.82) is 0 Å². The van der Waals surface area contributed by atoms with E-state index in [0.717, 1.165) is 23.1 Å². The van der Waals surface area contributed by atoms with E-state index in [9.17, 15) is 13.2 Å². The Balaban J connectivity index is 1.62. The summed E-state index contributed by atoms with van der Waals surface area (Å²) in [4.78, 5) is 15.8. The molecule has 0 spiro atoms. The molecule has 7 nitrogen and oxygen atoms in total. The van der Waals surface area contributed by atoms with E-state index < -0.39 is 16.1 Å². The molecule has 1 amide bonds. The van der Waals surface area contributed by atoms with Crippen LogP contribution in [0, 0.1) is 0 Å². The zero-order valence-electron chi connectivity index (χ0n) is 20.2. The highest BCUT2D eigenvalue weighted by Gasteiger charge is 2.55. The van der Waals surface area contributed by atoms with Gasteiger partial charge in [0.05, 0.1) is 31.2 Å². The summed E-state index contributed by atoms with van der Waals surface area (Å²) in [6, 6.07) is 9.53. The first-order chi connectivity index (χ1) is 16.3. The Bertz CT molecular complexity index is 1190. The highest BCUT2D eigenvalue weighted by Crippen LogP contribution is 2.49. The minimum atomic E-state index is -3.86. The van der Waals surface area contributed by atoms with Crippen molar-refractivity contribution in [1.82, 2.24) is 9.21 Å². The van der Waals surface area contributed by atoms with Crippen LogP contribution >= 0.6 is 0 Å². The van der Waals surface area contributed by atoms with Gasteiger partial charge in [-0.15, -0.1) is 0 Å². The van der Waals surface area contributed by atoms with Gasteiger partial charge in [0.15, 0.2) is 0 Å². The summed E-state index contributed by atoms with van der Waals surface area (Å²) < 4.78 is 40.6. The van der Waals surface area contributed by atoms with E-state index in [1.807, 2.05) is 29.2 Å². The van der Waals surface area contributed by atoms with Gasteiger partial charge in [-0.3, -0.25) is 4.79 Å². The Labute approximate surface area is 201 Å². The molecule has 8 heteroatoms. The normalized spacial score (nSPS) is 24.6. The number of hydrogen-bond acceptors (Lipinski definition) is 5. The Morgan fingerprint density at radius 3 is 2.41 bits per heavy atom. The van der Waals surface area contributed by atoms with E-state index in [1.165, 1.54) is 4.31 Å². The lowest BCUT2D eigenvalue weighted by molar-refractivity contribution is -0.150. The molecule has 2 aromatic carbocycles. The average molecular weight is 485 g/mol. The van der Waals surface area contributed by atoms with E-state index in [0.29, 0.717) is 43.2 Å². The van der Waals surface area contributed by atoms with Crippen LogP contribution in [0.5, 0.6) is 11.5 Å². The number of benzene rings is 2. The van der Waals surface area contributed by atoms with Crippen molar-refractivity contribution in [2.24, 2.45) is 0 Å². The number of amides is 1. The van der Waals surface area contributed by atoms with Gasteiger partial charge < -0.3 is 14.4 Å². The number of carbonyl (C=O) groups excluding carboxylic acids is 1. The number of ether oxygens (including phenoxy) is 2. The molecule has 3 heterocycles. The first kappa shape index (κ1) is 23.2. The minimum Gasteiger partial charge on any atom is -0.497 e. The lowest BCUT2D eigenvalue weighted by atomic mass is 9.79. The van der Waals surface area contributed by atoms with Crippen LogP contribution < -0.4 is 9.47 Å². The second-order valence-corrected chi connectivity index (χ2v) is 11.5. The number of sulfonamides is 1. The van der Waals surface area contributed by atoms with E-state index in [4.69, 9.17) is 9.47 Å². The van der Waals surface area contributed by atoms with Crippen LogP contribution in [0.3, 0.4) is 0 Å². The topological polar surface area (TPSA) is 76.2 Å². The zero-order chi connectivity index (χ0) is 24.2. The van der Waals surface area contributed by atoms with E-state index in [1.54, 1.807) is 26.4 Å². The predicted molar refractivity (Wildman–Crippen MR) is 129 cm³/mol. The fourth-order valence-electron chi connectivity index (χ4n) is 5.89. The number of rotatable bonds is 5. The Hall–Kier alpha value is -2.58. The number of piperazine rings is 1. The quantitative estimate of drug-likeness (QED) is 0.644. The van der Waals surface area contributed by atoms with E-state index in [-0.39, 0.29) is 22.9 Å². The molecule has 5 rings (SSSR count). The van der Waals surface area contributed by atoms with Crippen LogP contribution in [-0.4, -0.2) is 56.4 Å². The Morgan fingerprint density at radius 2 is 1.76 bits per heavy atom. The zero-order valence-corrected chi connectivity index (χ0v) is 21.0. The number of fused-ring (bicyclic) bond motifs is 6. The molecule has 2 fully saturated rings. The molecule has 0 aliphatic carbocycles. The van der Waals surface area contributed by atoms with Crippen molar-refractivity contribution in [3.8, 4) is 11.5 Å². The third-order valence-electron chi connectivity index (χ3n) is 7.58. The fourth-order valence-corrected chi connectivity index (χ4v) is 7.72. The van der Waals surface area contributed by atoms with Crippen LogP contribution in [0.2, 0.25) is 0 Å². The van der Waals surface area contributed by atoms with Crippen molar-refractivity contribution in [2.75, 3.05) is 20.8 Å². The van der Waals surface area contributed by atoms with Gasteiger partial charge in [-0.25, -0.2) is 8.42 Å². The largest absolute Gasteiger partial charge is 0.497 e. The first-order valence-electron chi connectivity index (χ1n) is 12.0. The number of hydrogen-bond donors (Lipinski definition) is 0. The second kappa shape index (κ2) is 8.57. The Morgan fingerprint density at radius 1 is 1.03 bits per heavy atom. The maximum atomic E-state index is 14.0. The standard InChI is InChI=1S/C26H32N2O5S/c1-16(2)17-8-10-20(11-9-17)34(30,31)28-21-6-5-7-22(28)26(29)27-13-12-18-14-19(32-3)15-23(33-4)24(18)25(21)27/h8-11,14-16,21-22,25H,5-7,12-13H2,1-4H3. The monoisotopic (exact) mass is 484 g/mol. The first-order valence-corrected chi connectivity index (χ1v) is 13.4. The molecule has 182 valence electrons. The van der Waals surface area contributed by atoms with Gasteiger partial charge in [0.25, 0.3) is 0 Å². The maximum absolute atomic E-state index is 14.0. The summed E-state index contributed by atoms with van der Waals surface area (Å²) in [5.41, 5.74) is 3.04. The van der Waals surface area contributed by atoms with Crippen molar-refractivity contribution >= 4 is 15.9 Å². The number of methoxy groups -OCH3 is 2. The molecule has 3 aliphatic heterocycles. The van der Waals surface area contributed by atoms with Gasteiger partial charge in [0, 0.05) is 18.2 Å². The second-order valence-electron chi connectivity index (χ2n) is 9.70. The molecule has 0 aromatic heterocycles. The molecule has 3 unspecified atom stereocenters. The van der Waals surface area contributed by atoms with Crippen LogP contribution in [0.15, 0.2) is 41.3 Å². The van der Waals surface area contributed by atoms with Crippen molar-refractivity contribution < 1.29 is 22.7 Å². The predicted octanol–water partition coefficient (Wildman–Crippen LogP) is 3.88. The van der Waals surface area contributed by atoms with Gasteiger partial charge in [0.2, 0.25) is 15.9 Å². The smallest absolute Gasteiger partial charge is 0.244 e. The molecule has 3 atom stereocenters. The SMILES string of the molecule is COc1cc2c(c(OC)c1)C1C3CCCC(C(=O)N1CC2)N3S(=O)(=O)c1ccc(C(C)C)cc1. The number of nitrogens with zero attached hydrogens (tertiary/aromatic N) is 2. The summed E-state index contributed by atoms with van der Waals surface area (Å²) >= 11 is 0. The lowest BCUT2D eigenvalue weighted by Gasteiger charge is -2.54. The van der Waals surface area contributed by atoms with Crippen LogP contribution in [0.1, 0.15) is 61.8 Å². The summed E-state index contributed by atoms with van der Waals surface area (Å²) in [5, 5.41) is 0. The van der Waals surface area contributed by atoms with Gasteiger partial charge >= 0.3 is 0 Å². The third kappa shape index (κ3) is 3.50. The molecule has 3 aliphatic rings. The van der Waals surface area contributed by atoms with Crippen LogP contribution in [0.25, 0.3) is 0 Å². The van der Waals surface area contributed by atoms with Crippen molar-refractivity contribution in [3.05, 3.63) is 53.1 Å². The molecule has 2 bridgehead atoms. The third-order valence-corrected chi connectivity index (χ3v) is 9.52. The van der Waals surface area contributed by atoms with Gasteiger partial charge in [-0.05, 0) is 60.9 Å². The van der Waals surface area contributed by atoms with E-state index in [2.05, 4.69) is 13.8 Å². The van der Waals surface area contributed by atoms with Gasteiger partial charge in [-0.1, -0.05) is 26.0 Å². The molecule has 34 heavy (non-hydrogen) atoms. The molecular weight excluding hydrogens is 452 g/mol. The highest BCUT2D eigenvalue weighted by atomic mass is 32.2. The van der Waals surface area contributed by atoms with Gasteiger partial charge in [0.1, 0.15) is 17.5 Å². The Kier molecular flexibility index (Phi) is 5.84. The van der Waals surface area contributed by atoms with Crippen molar-refractivity contribution in [2.45, 2.75) is 68.5 Å². The summed E-state index contributed by atoms with van der Waals surface area (Å²) in [5.74, 6) is 1.54. The lowest BCUT2D eigenvalue weighted by Crippen LogP contribution is -2.67. The minimum absolute atomic E-state index is 0.105. The molecule has 2 aromatic rings. The number of carbonyl (C=O) groups is 1. The average Bonchev–Trinajstić information content (AvgIpc) is 2.85. The fraction of sp³-hybridized carbons (Fsp3) is 0.500. The summed E-state index contributed by atoms with van der Waals surface area (Å²) in [7, 11) is -0.641. The molecule has 2 saturated heterocycles. The maximum Gasteiger partial charge on any atom is 0.244 e. The highest BCUT2D eigenvalue weighted by molar-refractivity contribution is 7.89. The van der Waals surface area contributed by atoms with Gasteiger partial charge in [-0.2, -0.15) is 4.31 Å².